The van der Waals surface area contributed by atoms with Crippen LogP contribution in [0.4, 0.5) is 0 Å². The van der Waals surface area contributed by atoms with Gasteiger partial charge in [-0.1, -0.05) is 40.9 Å². The molecule has 0 aliphatic carbocycles. The maximum Gasteiger partial charge on any atom is 0.226 e. The molecular weight excluding hydrogens is 463 g/mol. The molecule has 2 aromatic heterocycles. The van der Waals surface area contributed by atoms with Gasteiger partial charge in [0.15, 0.2) is 0 Å². The van der Waals surface area contributed by atoms with Gasteiger partial charge in [0.1, 0.15) is 28.5 Å². The lowest BCUT2D eigenvalue weighted by molar-refractivity contribution is -0.121. The number of nitrogens with zero attached hydrogens (tertiary/aromatic N) is 1. The van der Waals surface area contributed by atoms with Crippen LogP contribution in [0.25, 0.3) is 9.88 Å². The molecule has 0 saturated carbocycles. The second-order valence-corrected chi connectivity index (χ2v) is 9.10. The first-order valence-corrected chi connectivity index (χ1v) is 11.0. The van der Waals surface area contributed by atoms with Gasteiger partial charge in [-0.3, -0.25) is 4.79 Å². The number of aromatic nitrogens is 1. The minimum Gasteiger partial charge on any atom is -0.489 e. The Bertz CT molecular complexity index is 961. The van der Waals surface area contributed by atoms with Crippen LogP contribution >= 0.6 is 57.5 Å². The second-order valence-electron chi connectivity index (χ2n) is 5.75. The van der Waals surface area contributed by atoms with E-state index in [1.54, 1.807) is 18.2 Å². The van der Waals surface area contributed by atoms with Gasteiger partial charge in [-0.25, -0.2) is 4.98 Å². The van der Waals surface area contributed by atoms with E-state index in [2.05, 4.69) is 10.3 Å². The van der Waals surface area contributed by atoms with Gasteiger partial charge in [-0.05, 0) is 24.3 Å². The van der Waals surface area contributed by atoms with E-state index in [0.29, 0.717) is 20.8 Å². The van der Waals surface area contributed by atoms with Crippen molar-refractivity contribution in [2.24, 2.45) is 0 Å². The fraction of sp³-hybridized carbons (Fsp3) is 0.222. The highest BCUT2D eigenvalue weighted by molar-refractivity contribution is 7.23. The smallest absolute Gasteiger partial charge is 0.226 e. The Morgan fingerprint density at radius 3 is 2.82 bits per heavy atom. The number of aliphatic hydroxyl groups is 1. The van der Waals surface area contributed by atoms with Crippen LogP contribution < -0.4 is 10.1 Å². The summed E-state index contributed by atoms with van der Waals surface area (Å²) >= 11 is 20.8. The maximum atomic E-state index is 12.1. The lowest BCUT2D eigenvalue weighted by Crippen LogP contribution is -2.36. The van der Waals surface area contributed by atoms with Crippen LogP contribution in [-0.4, -0.2) is 35.3 Å². The number of rotatable bonds is 8. The maximum absolute atomic E-state index is 12.1. The number of carbonyl (C=O) groups excluding carboxylic acids is 1. The first-order valence-electron chi connectivity index (χ1n) is 8.14. The van der Waals surface area contributed by atoms with Gasteiger partial charge in [-0.15, -0.1) is 22.7 Å². The molecule has 3 aromatic rings. The molecule has 1 atom stereocenters. The molecule has 0 aliphatic heterocycles. The molecule has 0 fully saturated rings. The molecule has 0 aliphatic rings. The van der Waals surface area contributed by atoms with Crippen molar-refractivity contribution in [2.45, 2.75) is 12.5 Å². The molecule has 3 rings (SSSR count). The highest BCUT2D eigenvalue weighted by Gasteiger charge is 2.13. The minimum atomic E-state index is -0.891. The number of aliphatic hydroxyl groups excluding tert-OH is 1. The number of amides is 1. The van der Waals surface area contributed by atoms with Gasteiger partial charge in [0.2, 0.25) is 5.91 Å². The number of hydrogen-bond donors (Lipinski definition) is 2. The Hall–Kier alpha value is -1.35. The van der Waals surface area contributed by atoms with E-state index in [9.17, 15) is 9.90 Å². The zero-order valence-corrected chi connectivity index (χ0v) is 18.2. The minimum absolute atomic E-state index is 0.0275. The fourth-order valence-electron chi connectivity index (χ4n) is 2.23. The van der Waals surface area contributed by atoms with E-state index in [0.717, 1.165) is 9.88 Å². The van der Waals surface area contributed by atoms with Crippen LogP contribution in [0.5, 0.6) is 5.75 Å². The number of halogens is 3. The summed E-state index contributed by atoms with van der Waals surface area (Å²) in [6, 6.07) is 8.71. The summed E-state index contributed by atoms with van der Waals surface area (Å²) in [6.07, 6.45) is -0.762. The van der Waals surface area contributed by atoms with Gasteiger partial charge < -0.3 is 15.2 Å². The van der Waals surface area contributed by atoms with Gasteiger partial charge in [0.25, 0.3) is 0 Å². The average molecular weight is 478 g/mol. The third kappa shape index (κ3) is 5.83. The van der Waals surface area contributed by atoms with Crippen LogP contribution in [0.15, 0.2) is 35.7 Å². The molecular formula is C18H15Cl3N2O3S2. The van der Waals surface area contributed by atoms with Crippen molar-refractivity contribution < 1.29 is 14.6 Å². The second kappa shape index (κ2) is 9.91. The monoisotopic (exact) mass is 476 g/mol. The van der Waals surface area contributed by atoms with Crippen LogP contribution in [0.1, 0.15) is 5.69 Å². The van der Waals surface area contributed by atoms with Crippen LogP contribution in [0.3, 0.4) is 0 Å². The Morgan fingerprint density at radius 1 is 1.25 bits per heavy atom. The molecule has 1 unspecified atom stereocenters. The SMILES string of the molecule is O=C(Cc1csc(-c2ccc(Cl)s2)n1)NCC(O)COc1cccc(Cl)c1Cl. The van der Waals surface area contributed by atoms with E-state index in [4.69, 9.17) is 39.5 Å². The number of ether oxygens (including phenoxy) is 1. The van der Waals surface area contributed by atoms with Crippen molar-refractivity contribution in [3.05, 3.63) is 55.8 Å². The molecule has 5 nitrogen and oxygen atoms in total. The number of benzene rings is 1. The van der Waals surface area contributed by atoms with E-state index in [1.165, 1.54) is 22.7 Å². The van der Waals surface area contributed by atoms with Crippen molar-refractivity contribution >= 4 is 63.4 Å². The molecule has 148 valence electrons. The third-order valence-electron chi connectivity index (χ3n) is 3.56. The largest absolute Gasteiger partial charge is 0.489 e. The molecule has 0 bridgehead atoms. The Balaban J connectivity index is 1.44. The van der Waals surface area contributed by atoms with Crippen molar-refractivity contribution in [3.8, 4) is 15.6 Å². The Kier molecular flexibility index (Phi) is 7.56. The predicted octanol–water partition coefficient (Wildman–Crippen LogP) is 4.93. The number of thiophene rings is 1. The van der Waals surface area contributed by atoms with Gasteiger partial charge in [0, 0.05) is 11.9 Å². The molecule has 10 heteroatoms. The van der Waals surface area contributed by atoms with Gasteiger partial charge in [0.05, 0.1) is 26.4 Å². The van der Waals surface area contributed by atoms with Gasteiger partial charge >= 0.3 is 0 Å². The summed E-state index contributed by atoms with van der Waals surface area (Å²) in [7, 11) is 0. The summed E-state index contributed by atoms with van der Waals surface area (Å²) in [4.78, 5) is 17.5. The number of hydrogen-bond acceptors (Lipinski definition) is 6. The number of thiazole rings is 1. The zero-order chi connectivity index (χ0) is 20.1. The highest BCUT2D eigenvalue weighted by atomic mass is 35.5. The van der Waals surface area contributed by atoms with Crippen molar-refractivity contribution in [2.75, 3.05) is 13.2 Å². The molecule has 28 heavy (non-hydrogen) atoms. The van der Waals surface area contributed by atoms with Crippen molar-refractivity contribution in [1.29, 1.82) is 0 Å². The zero-order valence-electron chi connectivity index (χ0n) is 14.3. The Labute approximate surface area is 184 Å². The summed E-state index contributed by atoms with van der Waals surface area (Å²) in [5, 5.41) is 16.0. The summed E-state index contributed by atoms with van der Waals surface area (Å²) in [5.41, 5.74) is 0.665. The molecule has 1 aromatic carbocycles. The highest BCUT2D eigenvalue weighted by Crippen LogP contribution is 2.33. The quantitative estimate of drug-likeness (QED) is 0.482. The van der Waals surface area contributed by atoms with E-state index >= 15 is 0 Å². The predicted molar refractivity (Wildman–Crippen MR) is 115 cm³/mol. The number of nitrogens with one attached hydrogen (secondary N) is 1. The van der Waals surface area contributed by atoms with Crippen LogP contribution in [0.2, 0.25) is 14.4 Å². The average Bonchev–Trinajstić information content (AvgIpc) is 3.30. The molecule has 0 spiro atoms. The number of carbonyl (C=O) groups is 1. The Morgan fingerprint density at radius 2 is 2.07 bits per heavy atom. The third-order valence-corrected chi connectivity index (χ3v) is 6.65. The standard InChI is InChI=1S/C18H15Cl3N2O3S2/c19-12-2-1-3-13(17(12)21)26-8-11(24)7-22-16(25)6-10-9-27-18(23-10)14-4-5-15(20)28-14/h1-5,9,11,24H,6-8H2,(H,22,25). The fourth-order valence-corrected chi connectivity index (χ4v) is 4.51. The molecule has 0 saturated heterocycles. The summed E-state index contributed by atoms with van der Waals surface area (Å²) in [6.45, 7) is 0.0227. The first-order chi connectivity index (χ1) is 13.4. The van der Waals surface area contributed by atoms with E-state index < -0.39 is 6.10 Å². The lowest BCUT2D eigenvalue weighted by Gasteiger charge is -2.14. The normalized spacial score (nSPS) is 12.0. The van der Waals surface area contributed by atoms with Crippen LogP contribution in [-0.2, 0) is 11.2 Å². The van der Waals surface area contributed by atoms with Crippen molar-refractivity contribution in [1.82, 2.24) is 10.3 Å². The lowest BCUT2D eigenvalue weighted by atomic mass is 10.3. The molecule has 1 amide bonds. The van der Waals surface area contributed by atoms with E-state index in [-0.39, 0.29) is 30.5 Å². The van der Waals surface area contributed by atoms with E-state index in [1.807, 2.05) is 17.5 Å². The summed E-state index contributed by atoms with van der Waals surface area (Å²) < 4.78 is 6.14. The van der Waals surface area contributed by atoms with Crippen molar-refractivity contribution in [3.63, 3.8) is 0 Å². The summed E-state index contributed by atoms with van der Waals surface area (Å²) in [5.74, 6) is 0.143. The molecule has 2 heterocycles. The van der Waals surface area contributed by atoms with Gasteiger partial charge in [-0.2, -0.15) is 0 Å². The first kappa shape index (κ1) is 21.4. The molecule has 2 N–H and O–H groups in total. The molecule has 0 radical (unpaired) electrons. The van der Waals surface area contributed by atoms with Crippen LogP contribution in [0, 0.1) is 0 Å². The topological polar surface area (TPSA) is 71.5 Å².